The maximum Gasteiger partial charge on any atom is 0.231 e. The zero-order valence-corrected chi connectivity index (χ0v) is 16.7. The first-order valence-corrected chi connectivity index (χ1v) is 11.0. The van der Waals surface area contributed by atoms with Crippen molar-refractivity contribution >= 4 is 40.8 Å². The Hall–Kier alpha value is -1.83. The molecule has 0 aliphatic heterocycles. The highest BCUT2D eigenvalue weighted by atomic mass is 32.2. The summed E-state index contributed by atoms with van der Waals surface area (Å²) in [4.78, 5) is 12.5. The van der Waals surface area contributed by atoms with E-state index in [0.717, 1.165) is 25.6 Å². The van der Waals surface area contributed by atoms with E-state index in [2.05, 4.69) is 22.4 Å². The number of rotatable bonds is 8. The van der Waals surface area contributed by atoms with Crippen LogP contribution in [0.5, 0.6) is 0 Å². The molecule has 134 valence electrons. The van der Waals surface area contributed by atoms with Crippen LogP contribution in [0.4, 0.5) is 0 Å². The van der Waals surface area contributed by atoms with Crippen molar-refractivity contribution in [2.45, 2.75) is 21.6 Å². The van der Waals surface area contributed by atoms with Crippen LogP contribution < -0.4 is 5.32 Å². The number of hydrogen-bond acceptors (Lipinski definition) is 6. The normalized spacial score (nSPS) is 10.8. The highest BCUT2D eigenvalue weighted by Gasteiger charge is 2.17. The van der Waals surface area contributed by atoms with Gasteiger partial charge in [-0.1, -0.05) is 102 Å². The summed E-state index contributed by atoms with van der Waals surface area (Å²) >= 11 is 4.63. The number of nitrogens with one attached hydrogen (secondary N) is 1. The molecule has 0 spiro atoms. The third-order valence-electron chi connectivity index (χ3n) is 3.55. The Morgan fingerprint density at radius 2 is 1.50 bits per heavy atom. The van der Waals surface area contributed by atoms with Gasteiger partial charge in [-0.25, -0.2) is 0 Å². The molecular formula is C19H19N3OS3. The van der Waals surface area contributed by atoms with Gasteiger partial charge in [-0.3, -0.25) is 4.79 Å². The zero-order chi connectivity index (χ0) is 18.2. The molecule has 0 unspecified atom stereocenters. The summed E-state index contributed by atoms with van der Waals surface area (Å²) in [6.07, 6.45) is 0. The molecule has 0 radical (unpaired) electrons. The fraction of sp³-hybridized carbons (Fsp3) is 0.211. The van der Waals surface area contributed by atoms with Gasteiger partial charge in [0.25, 0.3) is 0 Å². The van der Waals surface area contributed by atoms with Gasteiger partial charge in [-0.15, -0.1) is 10.2 Å². The van der Waals surface area contributed by atoms with E-state index < -0.39 is 0 Å². The van der Waals surface area contributed by atoms with Gasteiger partial charge in [0.15, 0.2) is 8.68 Å². The van der Waals surface area contributed by atoms with Gasteiger partial charge in [-0.2, -0.15) is 0 Å². The van der Waals surface area contributed by atoms with Crippen molar-refractivity contribution in [2.24, 2.45) is 0 Å². The summed E-state index contributed by atoms with van der Waals surface area (Å²) < 4.78 is 1.77. The third kappa shape index (κ3) is 5.33. The molecule has 1 aromatic heterocycles. The molecule has 0 aliphatic rings. The Morgan fingerprint density at radius 1 is 0.962 bits per heavy atom. The Kier molecular flexibility index (Phi) is 7.11. The minimum Gasteiger partial charge on any atom is -0.344 e. The molecule has 4 nitrogen and oxygen atoms in total. The second kappa shape index (κ2) is 9.75. The van der Waals surface area contributed by atoms with Crippen molar-refractivity contribution in [2.75, 3.05) is 11.5 Å². The zero-order valence-electron chi connectivity index (χ0n) is 14.3. The van der Waals surface area contributed by atoms with Crippen LogP contribution in [-0.4, -0.2) is 27.6 Å². The highest BCUT2D eigenvalue weighted by Crippen LogP contribution is 2.29. The molecule has 1 amide bonds. The first kappa shape index (κ1) is 18.9. The minimum absolute atomic E-state index is 0.0207. The molecule has 1 N–H and O–H groups in total. The van der Waals surface area contributed by atoms with E-state index in [9.17, 15) is 4.79 Å². The number of hydrogen-bond donors (Lipinski definition) is 1. The molecular weight excluding hydrogens is 382 g/mol. The SMILES string of the molecule is CCSc1nnc(SCC(=O)NC(c2ccccc2)c2ccccc2)s1. The summed E-state index contributed by atoms with van der Waals surface area (Å²) in [5.41, 5.74) is 2.13. The maximum atomic E-state index is 12.5. The van der Waals surface area contributed by atoms with Crippen LogP contribution >= 0.6 is 34.9 Å². The molecule has 3 rings (SSSR count). The lowest BCUT2D eigenvalue weighted by atomic mass is 9.99. The summed E-state index contributed by atoms with van der Waals surface area (Å²) in [6, 6.07) is 19.9. The predicted molar refractivity (Wildman–Crippen MR) is 110 cm³/mol. The second-order valence-corrected chi connectivity index (χ2v) is 9.09. The molecule has 0 aliphatic carbocycles. The van der Waals surface area contributed by atoms with E-state index in [0.29, 0.717) is 5.75 Å². The van der Waals surface area contributed by atoms with E-state index in [1.807, 2.05) is 60.7 Å². The monoisotopic (exact) mass is 401 g/mol. The van der Waals surface area contributed by atoms with E-state index in [1.165, 1.54) is 23.1 Å². The lowest BCUT2D eigenvalue weighted by Gasteiger charge is -2.19. The van der Waals surface area contributed by atoms with Crippen LogP contribution in [0.1, 0.15) is 24.1 Å². The molecule has 3 aromatic rings. The quantitative estimate of drug-likeness (QED) is 0.557. The topological polar surface area (TPSA) is 54.9 Å². The molecule has 7 heteroatoms. The first-order chi connectivity index (χ1) is 12.8. The molecule has 0 saturated heterocycles. The molecule has 0 fully saturated rings. The second-order valence-electron chi connectivity index (χ2n) is 5.38. The van der Waals surface area contributed by atoms with Gasteiger partial charge in [-0.05, 0) is 16.9 Å². The van der Waals surface area contributed by atoms with E-state index >= 15 is 0 Å². The lowest BCUT2D eigenvalue weighted by molar-refractivity contribution is -0.119. The van der Waals surface area contributed by atoms with Crippen molar-refractivity contribution in [3.05, 3.63) is 71.8 Å². The average Bonchev–Trinajstić information content (AvgIpc) is 3.14. The Bertz CT molecular complexity index is 785. The average molecular weight is 402 g/mol. The largest absolute Gasteiger partial charge is 0.344 e. The van der Waals surface area contributed by atoms with Crippen molar-refractivity contribution in [3.63, 3.8) is 0 Å². The fourth-order valence-electron chi connectivity index (χ4n) is 2.42. The summed E-state index contributed by atoms with van der Waals surface area (Å²) in [7, 11) is 0. The summed E-state index contributed by atoms with van der Waals surface area (Å²) in [5, 5.41) is 11.4. The maximum absolute atomic E-state index is 12.5. The number of aromatic nitrogens is 2. The van der Waals surface area contributed by atoms with Gasteiger partial charge >= 0.3 is 0 Å². The standard InChI is InChI=1S/C19H19N3OS3/c1-2-24-18-21-22-19(26-18)25-13-16(23)20-17(14-9-5-3-6-10-14)15-11-7-4-8-12-15/h3-12,17H,2,13H2,1H3,(H,20,23). The van der Waals surface area contributed by atoms with Gasteiger partial charge in [0.05, 0.1) is 11.8 Å². The van der Waals surface area contributed by atoms with Crippen LogP contribution in [0, 0.1) is 0 Å². The third-order valence-corrected chi connectivity index (χ3v) is 6.63. The molecule has 1 heterocycles. The van der Waals surface area contributed by atoms with E-state index in [-0.39, 0.29) is 11.9 Å². The van der Waals surface area contributed by atoms with Gasteiger partial charge in [0.1, 0.15) is 0 Å². The van der Waals surface area contributed by atoms with Crippen LogP contribution in [-0.2, 0) is 4.79 Å². The smallest absolute Gasteiger partial charge is 0.231 e. The Labute approximate surface area is 165 Å². The lowest BCUT2D eigenvalue weighted by Crippen LogP contribution is -2.30. The molecule has 26 heavy (non-hydrogen) atoms. The van der Waals surface area contributed by atoms with E-state index in [1.54, 1.807) is 11.8 Å². The van der Waals surface area contributed by atoms with Crippen molar-refractivity contribution < 1.29 is 4.79 Å². The number of carbonyl (C=O) groups excluding carboxylic acids is 1. The van der Waals surface area contributed by atoms with E-state index in [4.69, 9.17) is 0 Å². The molecule has 0 bridgehead atoms. The number of carbonyl (C=O) groups is 1. The molecule has 2 aromatic carbocycles. The first-order valence-electron chi connectivity index (χ1n) is 8.24. The molecule has 0 atom stereocenters. The van der Waals surface area contributed by atoms with Gasteiger partial charge in [0, 0.05) is 0 Å². The number of nitrogens with zero attached hydrogens (tertiary/aromatic N) is 2. The Morgan fingerprint density at radius 3 is 2.04 bits per heavy atom. The molecule has 0 saturated carbocycles. The van der Waals surface area contributed by atoms with Crippen LogP contribution in [0.15, 0.2) is 69.3 Å². The van der Waals surface area contributed by atoms with Crippen molar-refractivity contribution in [1.82, 2.24) is 15.5 Å². The highest BCUT2D eigenvalue weighted by molar-refractivity contribution is 8.03. The summed E-state index contributed by atoms with van der Waals surface area (Å²) in [5.74, 6) is 1.27. The number of amides is 1. The number of benzene rings is 2. The summed E-state index contributed by atoms with van der Waals surface area (Å²) in [6.45, 7) is 2.08. The van der Waals surface area contributed by atoms with Crippen LogP contribution in [0.2, 0.25) is 0 Å². The van der Waals surface area contributed by atoms with Crippen molar-refractivity contribution in [1.29, 1.82) is 0 Å². The van der Waals surface area contributed by atoms with Gasteiger partial charge < -0.3 is 5.32 Å². The number of thioether (sulfide) groups is 2. The van der Waals surface area contributed by atoms with Crippen LogP contribution in [0.3, 0.4) is 0 Å². The van der Waals surface area contributed by atoms with Crippen molar-refractivity contribution in [3.8, 4) is 0 Å². The fourth-order valence-corrected chi connectivity index (χ4v) is 5.15. The Balaban J connectivity index is 1.65. The predicted octanol–water partition coefficient (Wildman–Crippen LogP) is 4.65. The van der Waals surface area contributed by atoms with Crippen LogP contribution in [0.25, 0.3) is 0 Å². The minimum atomic E-state index is -0.161. The van der Waals surface area contributed by atoms with Gasteiger partial charge in [0.2, 0.25) is 5.91 Å².